The lowest BCUT2D eigenvalue weighted by atomic mass is 9.90. The summed E-state index contributed by atoms with van der Waals surface area (Å²) in [6.45, 7) is 12.2. The first-order valence-electron chi connectivity index (χ1n) is 14.6. The lowest BCUT2D eigenvalue weighted by molar-refractivity contribution is -0.142. The predicted molar refractivity (Wildman–Crippen MR) is 165 cm³/mol. The Morgan fingerprint density at radius 1 is 1.02 bits per heavy atom. The summed E-state index contributed by atoms with van der Waals surface area (Å²) in [4.78, 5) is 49.3. The summed E-state index contributed by atoms with van der Waals surface area (Å²) >= 11 is 0. The number of hydrogen-bond donors (Lipinski definition) is 5. The van der Waals surface area contributed by atoms with Crippen molar-refractivity contribution in [2.75, 3.05) is 7.11 Å². The molecule has 3 aromatic heterocycles. The number of nitrogens with one attached hydrogen (secondary N) is 4. The maximum Gasteiger partial charge on any atom is 0.321 e. The molecule has 1 fully saturated rings. The lowest BCUT2D eigenvalue weighted by Gasteiger charge is -2.17. The summed E-state index contributed by atoms with van der Waals surface area (Å²) in [6, 6.07) is 0. The molecule has 0 aromatic carbocycles. The van der Waals surface area contributed by atoms with Crippen LogP contribution in [0.3, 0.4) is 0 Å². The second-order valence-electron chi connectivity index (χ2n) is 11.6. The molecule has 1 saturated heterocycles. The number of carboxylic acids is 1. The van der Waals surface area contributed by atoms with Crippen LogP contribution in [0.1, 0.15) is 87.1 Å². The Hall–Kier alpha value is -4.79. The molecule has 0 unspecified atom stereocenters. The van der Waals surface area contributed by atoms with Gasteiger partial charge in [-0.1, -0.05) is 19.6 Å². The van der Waals surface area contributed by atoms with Crippen LogP contribution in [0.4, 0.5) is 0 Å². The van der Waals surface area contributed by atoms with Gasteiger partial charge in [-0.2, -0.15) is 0 Å². The van der Waals surface area contributed by atoms with Gasteiger partial charge < -0.3 is 30.1 Å². The number of aromatic nitrogens is 3. The van der Waals surface area contributed by atoms with Crippen molar-refractivity contribution in [3.8, 4) is 0 Å². The van der Waals surface area contributed by atoms with Gasteiger partial charge in [0.05, 0.1) is 12.8 Å². The van der Waals surface area contributed by atoms with Crippen LogP contribution >= 0.6 is 0 Å². The van der Waals surface area contributed by atoms with Gasteiger partial charge in [-0.05, 0) is 80.5 Å². The van der Waals surface area contributed by atoms with Crippen LogP contribution in [-0.4, -0.2) is 44.9 Å². The molecule has 2 aliphatic heterocycles. The predicted octanol–water partition coefficient (Wildman–Crippen LogP) is 3.98. The number of fused-ring (bicyclic) bond motifs is 7. The van der Waals surface area contributed by atoms with Crippen LogP contribution in [0.2, 0.25) is 0 Å². The lowest BCUT2D eigenvalue weighted by Crippen LogP contribution is -2.25. The molecule has 9 heteroatoms. The molecule has 2 atom stereocenters. The number of aliphatic carboxylic acids is 1. The number of methoxy groups -OCH3 is 1. The normalized spacial score (nSPS) is 23.1. The van der Waals surface area contributed by atoms with Crippen molar-refractivity contribution in [1.29, 1.82) is 0 Å². The third-order valence-electron chi connectivity index (χ3n) is 9.23. The van der Waals surface area contributed by atoms with Crippen molar-refractivity contribution in [3.05, 3.63) is 84.8 Å². The van der Waals surface area contributed by atoms with Gasteiger partial charge in [0.1, 0.15) is 5.92 Å². The Morgan fingerprint density at radius 3 is 2.42 bits per heavy atom. The molecule has 3 aliphatic rings. The zero-order valence-electron chi connectivity index (χ0n) is 25.1. The van der Waals surface area contributed by atoms with E-state index in [1.54, 1.807) is 0 Å². The summed E-state index contributed by atoms with van der Waals surface area (Å²) in [6.07, 6.45) is 9.66. The van der Waals surface area contributed by atoms with Crippen molar-refractivity contribution in [3.63, 3.8) is 0 Å². The summed E-state index contributed by atoms with van der Waals surface area (Å²) < 4.78 is 5.12. The maximum absolute atomic E-state index is 13.9. The number of Topliss-reactive ketones (excluding diaryl/α,β-unsaturated/α-hetero) is 1. The van der Waals surface area contributed by atoms with E-state index in [9.17, 15) is 19.5 Å². The van der Waals surface area contributed by atoms with Crippen LogP contribution in [0.15, 0.2) is 18.0 Å². The standard InChI is InChI=1S/C34H36N4O5/c1-7-20-15(3)22-12-19-11-18(9-10-27(39)40)31(35-19)29-30(34(42)43-6)33(41)28-17(5)24(38-32(28)29)14-26-21(8-2)16(4)23(37-26)13-25(20)36-22/h7,12-14,18,30,35-38H,1,8-11H2,2-6H3,(H,39,40)/b19-12-,23-13-,26-14-,31-29-/t18-,30+/m0/s1. The van der Waals surface area contributed by atoms with E-state index in [2.05, 4.69) is 46.8 Å². The van der Waals surface area contributed by atoms with E-state index in [0.29, 0.717) is 35.4 Å². The monoisotopic (exact) mass is 580 g/mol. The molecule has 222 valence electrons. The van der Waals surface area contributed by atoms with E-state index in [1.807, 2.05) is 32.1 Å². The molecule has 0 radical (unpaired) electrons. The summed E-state index contributed by atoms with van der Waals surface area (Å²) in [5.74, 6) is -3.23. The molecule has 43 heavy (non-hydrogen) atoms. The van der Waals surface area contributed by atoms with Gasteiger partial charge in [0, 0.05) is 68.2 Å². The second kappa shape index (κ2) is 10.5. The zero-order valence-corrected chi connectivity index (χ0v) is 25.1. The largest absolute Gasteiger partial charge is 0.481 e. The van der Waals surface area contributed by atoms with E-state index >= 15 is 0 Å². The molecule has 5 N–H and O–H groups in total. The zero-order chi connectivity index (χ0) is 30.7. The minimum Gasteiger partial charge on any atom is -0.481 e. The first-order valence-corrected chi connectivity index (χ1v) is 14.6. The molecule has 5 heterocycles. The van der Waals surface area contributed by atoms with Gasteiger partial charge in [0.2, 0.25) is 0 Å². The molecule has 0 amide bonds. The minimum absolute atomic E-state index is 0.0434. The molecule has 0 spiro atoms. The fourth-order valence-electron chi connectivity index (χ4n) is 6.98. The number of rotatable bonds is 6. The smallest absolute Gasteiger partial charge is 0.321 e. The number of carboxylic acid groups (broad SMARTS) is 1. The molecule has 8 bridgehead atoms. The molecule has 0 saturated carbocycles. The van der Waals surface area contributed by atoms with Gasteiger partial charge in [-0.15, -0.1) is 0 Å². The number of allylic oxidation sites excluding steroid dienone is 2. The summed E-state index contributed by atoms with van der Waals surface area (Å²) in [5.41, 5.74) is 10.8. The van der Waals surface area contributed by atoms with E-state index in [1.165, 1.54) is 12.7 Å². The fraction of sp³-hybridized carbons (Fsp3) is 0.324. The SMILES string of the molecule is C=Cc1c2[nH]c(c1C)/C=C1/C[C@H](CCC(=O)O)/C(=C3/c4[nH]c(c(C)c4C(=O)[C@@H]3C(=O)OC)/C=c3\[nH]/c(c(C)c3CC)=C\2)N1. The van der Waals surface area contributed by atoms with Gasteiger partial charge >= 0.3 is 11.9 Å². The van der Waals surface area contributed by atoms with Gasteiger partial charge in [-0.25, -0.2) is 0 Å². The third kappa shape index (κ3) is 4.42. The Kier molecular flexibility index (Phi) is 6.91. The Balaban J connectivity index is 1.71. The quantitative estimate of drug-likeness (QED) is 0.221. The van der Waals surface area contributed by atoms with Gasteiger partial charge in [-0.3, -0.25) is 14.4 Å². The van der Waals surface area contributed by atoms with E-state index in [0.717, 1.165) is 62.2 Å². The maximum atomic E-state index is 13.9. The highest BCUT2D eigenvalue weighted by Gasteiger charge is 2.47. The van der Waals surface area contributed by atoms with Crippen LogP contribution in [0, 0.1) is 32.6 Å². The number of ether oxygens (including phenoxy) is 1. The number of carbonyl (C=O) groups is 3. The molecule has 9 nitrogen and oxygen atoms in total. The van der Waals surface area contributed by atoms with Crippen LogP contribution < -0.4 is 16.0 Å². The number of H-pyrrole nitrogens is 3. The number of esters is 1. The first kappa shape index (κ1) is 28.3. The Morgan fingerprint density at radius 2 is 1.74 bits per heavy atom. The highest BCUT2D eigenvalue weighted by atomic mass is 16.5. The number of aromatic amines is 3. The molecular formula is C34H36N4O5. The van der Waals surface area contributed by atoms with Crippen molar-refractivity contribution in [1.82, 2.24) is 20.3 Å². The van der Waals surface area contributed by atoms with E-state index in [4.69, 9.17) is 4.74 Å². The average Bonchev–Trinajstić information content (AvgIpc) is 3.73. The third-order valence-corrected chi connectivity index (χ3v) is 9.23. The minimum atomic E-state index is -1.14. The Bertz CT molecular complexity index is 1930. The Labute approximate surface area is 249 Å². The van der Waals surface area contributed by atoms with Crippen molar-refractivity contribution >= 4 is 47.6 Å². The van der Waals surface area contributed by atoms with Crippen molar-refractivity contribution < 1.29 is 24.2 Å². The number of hydrogen-bond acceptors (Lipinski definition) is 5. The topological polar surface area (TPSA) is 140 Å². The highest BCUT2D eigenvalue weighted by molar-refractivity contribution is 6.24. The van der Waals surface area contributed by atoms with Crippen molar-refractivity contribution in [2.24, 2.45) is 11.8 Å². The van der Waals surface area contributed by atoms with Gasteiger partial charge in [0.15, 0.2) is 5.78 Å². The van der Waals surface area contributed by atoms with Crippen LogP contribution in [0.5, 0.6) is 0 Å². The van der Waals surface area contributed by atoms with E-state index in [-0.39, 0.29) is 18.1 Å². The molecule has 6 rings (SSSR count). The fourth-order valence-corrected chi connectivity index (χ4v) is 6.98. The first-order chi connectivity index (χ1) is 20.6. The summed E-state index contributed by atoms with van der Waals surface area (Å²) in [7, 11) is 1.28. The number of ketones is 1. The van der Waals surface area contributed by atoms with Crippen molar-refractivity contribution in [2.45, 2.75) is 53.4 Å². The molecule has 3 aromatic rings. The highest BCUT2D eigenvalue weighted by Crippen LogP contribution is 2.46. The van der Waals surface area contributed by atoms with Gasteiger partial charge in [0.25, 0.3) is 0 Å². The van der Waals surface area contributed by atoms with Crippen LogP contribution in [-0.2, 0) is 20.7 Å². The summed E-state index contributed by atoms with van der Waals surface area (Å²) in [5, 5.41) is 15.0. The molecule has 1 aliphatic carbocycles. The molecular weight excluding hydrogens is 544 g/mol. The van der Waals surface area contributed by atoms with E-state index < -0.39 is 17.9 Å². The number of carbonyl (C=O) groups excluding carboxylic acids is 2. The second-order valence-corrected chi connectivity index (χ2v) is 11.6. The average molecular weight is 581 g/mol. The van der Waals surface area contributed by atoms with Crippen LogP contribution in [0.25, 0.3) is 29.9 Å².